The number of hydrogen-bond donors (Lipinski definition) is 1. The van der Waals surface area contributed by atoms with Gasteiger partial charge in [-0.05, 0) is 129 Å². The molecule has 7 rings (SSSR count). The number of anilines is 1. The maximum absolute atomic E-state index is 13.2. The van der Waals surface area contributed by atoms with Gasteiger partial charge in [-0.25, -0.2) is 0 Å². The fourth-order valence-corrected chi connectivity index (χ4v) is 8.42. The zero-order valence-electron chi connectivity index (χ0n) is 22.0. The number of aryl methyl sites for hydroxylation is 1. The molecule has 6 nitrogen and oxygen atoms in total. The predicted molar refractivity (Wildman–Crippen MR) is 150 cm³/mol. The Balaban J connectivity index is 1.24. The number of ether oxygens (including phenoxy) is 1. The maximum atomic E-state index is 13.2. The Bertz CT molecular complexity index is 1300. The summed E-state index contributed by atoms with van der Waals surface area (Å²) in [5.74, 6) is 2.36. The molecule has 1 N–H and O–H groups in total. The van der Waals surface area contributed by atoms with Crippen LogP contribution < -0.4 is 10.1 Å². The largest absolute Gasteiger partial charge is 0.493 e. The predicted octanol–water partition coefficient (Wildman–Crippen LogP) is 6.54. The minimum absolute atomic E-state index is 0.218. The molecule has 0 radical (unpaired) electrons. The van der Waals surface area contributed by atoms with Crippen molar-refractivity contribution in [2.24, 2.45) is 17.8 Å². The van der Waals surface area contributed by atoms with Gasteiger partial charge < -0.3 is 10.1 Å². The zero-order chi connectivity index (χ0) is 26.4. The first-order valence-corrected chi connectivity index (χ1v) is 14.5. The maximum Gasteiger partial charge on any atom is 0.294 e. The summed E-state index contributed by atoms with van der Waals surface area (Å²) in [7, 11) is 0. The fourth-order valence-electron chi connectivity index (χ4n) is 7.59. The van der Waals surface area contributed by atoms with E-state index in [1.807, 2.05) is 38.1 Å². The van der Waals surface area contributed by atoms with Crippen molar-refractivity contribution in [1.82, 2.24) is 4.90 Å². The molecule has 1 aliphatic heterocycles. The molecule has 4 saturated carbocycles. The summed E-state index contributed by atoms with van der Waals surface area (Å²) in [5, 5.41) is 2.34. The molecule has 1 saturated heterocycles. The lowest BCUT2D eigenvalue weighted by Crippen LogP contribution is -2.48. The summed E-state index contributed by atoms with van der Waals surface area (Å²) in [6, 6.07) is 13.9. The van der Waals surface area contributed by atoms with Crippen LogP contribution in [0, 0.1) is 24.7 Å². The molecule has 0 atom stereocenters. The van der Waals surface area contributed by atoms with Gasteiger partial charge in [-0.15, -0.1) is 0 Å². The third-order valence-electron chi connectivity index (χ3n) is 8.72. The summed E-state index contributed by atoms with van der Waals surface area (Å²) in [4.78, 5) is 39.9. The zero-order valence-corrected chi connectivity index (χ0v) is 22.8. The number of nitrogens with zero attached hydrogens (tertiary/aromatic N) is 1. The molecule has 198 valence electrons. The van der Waals surface area contributed by atoms with Gasteiger partial charge in [0.1, 0.15) is 12.3 Å². The highest BCUT2D eigenvalue weighted by atomic mass is 32.2. The van der Waals surface area contributed by atoms with E-state index in [2.05, 4.69) is 17.4 Å². The molecule has 4 bridgehead atoms. The number of carbonyl (C=O) groups is 3. The van der Waals surface area contributed by atoms with Gasteiger partial charge in [-0.1, -0.05) is 18.2 Å². The molecule has 7 heteroatoms. The van der Waals surface area contributed by atoms with Crippen LogP contribution in [0.2, 0.25) is 0 Å². The Kier molecular flexibility index (Phi) is 6.58. The molecule has 5 fully saturated rings. The van der Waals surface area contributed by atoms with E-state index in [0.717, 1.165) is 45.5 Å². The van der Waals surface area contributed by atoms with Crippen molar-refractivity contribution in [2.45, 2.75) is 57.8 Å². The molecule has 0 spiro atoms. The third-order valence-corrected chi connectivity index (χ3v) is 9.63. The number of imide groups is 1. The Morgan fingerprint density at radius 1 is 1.08 bits per heavy atom. The van der Waals surface area contributed by atoms with Crippen molar-refractivity contribution in [3.63, 3.8) is 0 Å². The van der Waals surface area contributed by atoms with Crippen LogP contribution in [0.5, 0.6) is 5.75 Å². The van der Waals surface area contributed by atoms with E-state index in [-0.39, 0.29) is 12.0 Å². The van der Waals surface area contributed by atoms with Gasteiger partial charge in [-0.3, -0.25) is 19.3 Å². The third kappa shape index (κ3) is 4.77. The lowest BCUT2D eigenvalue weighted by molar-refractivity contribution is -0.127. The van der Waals surface area contributed by atoms with Crippen LogP contribution >= 0.6 is 11.8 Å². The quantitative estimate of drug-likeness (QED) is 0.412. The molecule has 3 amide bonds. The van der Waals surface area contributed by atoms with Crippen LogP contribution in [0.4, 0.5) is 10.5 Å². The summed E-state index contributed by atoms with van der Waals surface area (Å²) in [6.45, 7) is 4.07. The average Bonchev–Trinajstić information content (AvgIpc) is 3.11. The topological polar surface area (TPSA) is 75.7 Å². The highest BCUT2D eigenvalue weighted by molar-refractivity contribution is 8.18. The monoisotopic (exact) mass is 530 g/mol. The number of benzene rings is 2. The molecular formula is C31H34N2O4S. The van der Waals surface area contributed by atoms with Crippen molar-refractivity contribution in [1.29, 1.82) is 0 Å². The summed E-state index contributed by atoms with van der Waals surface area (Å²) < 4.78 is 5.92. The first-order chi connectivity index (χ1) is 18.3. The van der Waals surface area contributed by atoms with Crippen LogP contribution in [0.3, 0.4) is 0 Å². The van der Waals surface area contributed by atoms with Gasteiger partial charge in [-0.2, -0.15) is 0 Å². The minimum Gasteiger partial charge on any atom is -0.493 e. The Morgan fingerprint density at radius 2 is 1.79 bits per heavy atom. The minimum atomic E-state index is -0.443. The number of nitrogens with one attached hydrogen (secondary N) is 1. The molecule has 1 heterocycles. The van der Waals surface area contributed by atoms with Crippen LogP contribution in [-0.2, 0) is 15.0 Å². The fraction of sp³-hybridized carbons (Fsp3) is 0.452. The number of carbonyl (C=O) groups excluding carboxylic acids is 3. The Morgan fingerprint density at radius 3 is 2.45 bits per heavy atom. The van der Waals surface area contributed by atoms with Crippen molar-refractivity contribution in [3.05, 3.63) is 64.1 Å². The number of rotatable bonds is 7. The number of amides is 3. The van der Waals surface area contributed by atoms with Crippen LogP contribution in [0.25, 0.3) is 6.08 Å². The van der Waals surface area contributed by atoms with E-state index < -0.39 is 17.1 Å². The highest BCUT2D eigenvalue weighted by Gasteiger charge is 2.51. The van der Waals surface area contributed by atoms with Crippen LogP contribution in [-0.4, -0.2) is 35.1 Å². The van der Waals surface area contributed by atoms with E-state index in [9.17, 15) is 14.4 Å². The smallest absolute Gasteiger partial charge is 0.294 e. The molecule has 0 unspecified atom stereocenters. The Labute approximate surface area is 228 Å². The van der Waals surface area contributed by atoms with E-state index in [0.29, 0.717) is 22.9 Å². The van der Waals surface area contributed by atoms with E-state index in [1.165, 1.54) is 44.1 Å². The van der Waals surface area contributed by atoms with Crippen LogP contribution in [0.1, 0.15) is 62.1 Å². The standard InChI is InChI=1S/C31H34N2O4S/c1-3-37-26-8-7-24(31-15-20-10-21(16-31)12-22(11-20)17-31)13-23(26)14-27-29(35)33(30(36)38-27)18-28(34)32-25-6-4-5-19(2)9-25/h4-9,13-14,20-22H,3,10-12,15-18H2,1-2H3,(H,32,34)/b27-14+. The normalized spacial score (nSPS) is 28.8. The number of thioether (sulfide) groups is 1. The van der Waals surface area contributed by atoms with E-state index >= 15 is 0 Å². The second kappa shape index (κ2) is 9.92. The van der Waals surface area contributed by atoms with Gasteiger partial charge in [0.15, 0.2) is 0 Å². The SMILES string of the molecule is CCOc1ccc(C23CC4CC(CC(C4)C2)C3)cc1/C=C1/SC(=O)N(CC(=O)Nc2cccc(C)c2)C1=O. The molecular weight excluding hydrogens is 496 g/mol. The molecule has 5 aliphatic rings. The summed E-state index contributed by atoms with van der Waals surface area (Å²) in [6.07, 6.45) is 9.67. The lowest BCUT2D eigenvalue weighted by Gasteiger charge is -2.57. The first kappa shape index (κ1) is 25.2. The molecule has 0 aromatic heterocycles. The number of hydrogen-bond acceptors (Lipinski definition) is 5. The highest BCUT2D eigenvalue weighted by Crippen LogP contribution is 2.61. The second-order valence-corrected chi connectivity index (χ2v) is 12.6. The van der Waals surface area contributed by atoms with Gasteiger partial charge in [0.05, 0.1) is 11.5 Å². The molecule has 4 aliphatic carbocycles. The van der Waals surface area contributed by atoms with Gasteiger partial charge in [0.25, 0.3) is 11.1 Å². The average molecular weight is 531 g/mol. The van der Waals surface area contributed by atoms with E-state index in [1.54, 1.807) is 12.1 Å². The second-order valence-electron chi connectivity index (χ2n) is 11.6. The van der Waals surface area contributed by atoms with E-state index in [4.69, 9.17) is 4.74 Å². The van der Waals surface area contributed by atoms with Gasteiger partial charge >= 0.3 is 0 Å². The van der Waals surface area contributed by atoms with Crippen molar-refractivity contribution < 1.29 is 19.1 Å². The first-order valence-electron chi connectivity index (χ1n) is 13.7. The Hall–Kier alpha value is -3.06. The molecule has 38 heavy (non-hydrogen) atoms. The van der Waals surface area contributed by atoms with Crippen molar-refractivity contribution in [2.75, 3.05) is 18.5 Å². The van der Waals surface area contributed by atoms with Crippen molar-refractivity contribution >= 4 is 40.6 Å². The summed E-state index contributed by atoms with van der Waals surface area (Å²) >= 11 is 0.882. The van der Waals surface area contributed by atoms with Gasteiger partial charge in [0, 0.05) is 11.3 Å². The van der Waals surface area contributed by atoms with Crippen molar-refractivity contribution in [3.8, 4) is 5.75 Å². The van der Waals surface area contributed by atoms with Crippen LogP contribution in [0.15, 0.2) is 47.4 Å². The van der Waals surface area contributed by atoms with Gasteiger partial charge in [0.2, 0.25) is 5.91 Å². The molecule has 2 aromatic rings. The summed E-state index contributed by atoms with van der Waals surface area (Å²) in [5.41, 5.74) is 4.03. The lowest BCUT2D eigenvalue weighted by atomic mass is 9.48. The molecule has 2 aromatic carbocycles.